The molecule has 31 heavy (non-hydrogen) atoms. The molecule has 0 fully saturated rings. The van der Waals surface area contributed by atoms with Gasteiger partial charge in [0.1, 0.15) is 11.0 Å². The average molecular weight is 428 g/mol. The highest BCUT2D eigenvalue weighted by Crippen LogP contribution is 2.41. The largest absolute Gasteiger partial charge is 0.463 e. The van der Waals surface area contributed by atoms with Crippen molar-refractivity contribution in [2.75, 3.05) is 13.2 Å². The Labute approximate surface area is 178 Å². The average Bonchev–Trinajstić information content (AvgIpc) is 3.21. The van der Waals surface area contributed by atoms with Gasteiger partial charge >= 0.3 is 11.9 Å². The molecule has 1 aromatic carbocycles. The number of benzene rings is 1. The molecule has 164 valence electrons. The quantitative estimate of drug-likeness (QED) is 0.295. The van der Waals surface area contributed by atoms with Crippen LogP contribution >= 0.6 is 0 Å². The number of rotatable bonds is 7. The van der Waals surface area contributed by atoms with E-state index in [-0.39, 0.29) is 36.0 Å². The van der Waals surface area contributed by atoms with Gasteiger partial charge in [0.15, 0.2) is 0 Å². The van der Waals surface area contributed by atoms with Gasteiger partial charge < -0.3 is 20.0 Å². The van der Waals surface area contributed by atoms with Gasteiger partial charge in [-0.3, -0.25) is 0 Å². The van der Waals surface area contributed by atoms with Crippen molar-refractivity contribution in [2.45, 2.75) is 33.6 Å². The number of nitrogens with zero attached hydrogens (tertiary/aromatic N) is 3. The summed E-state index contributed by atoms with van der Waals surface area (Å²) in [5.41, 5.74) is 2.28. The number of fused-ring (bicyclic) bond motifs is 1. The number of carbonyl (C=O) groups is 2. The van der Waals surface area contributed by atoms with Crippen LogP contribution in [0, 0.1) is 5.92 Å². The van der Waals surface area contributed by atoms with Gasteiger partial charge in [-0.2, -0.15) is 0 Å². The smallest absolute Gasteiger partial charge is 0.337 e. The van der Waals surface area contributed by atoms with Gasteiger partial charge in [-0.05, 0) is 41.7 Å². The number of ether oxygens (including phenoxy) is 2. The maximum absolute atomic E-state index is 13.1. The molecule has 0 spiro atoms. The van der Waals surface area contributed by atoms with E-state index in [0.29, 0.717) is 22.3 Å². The first-order valence-corrected chi connectivity index (χ1v) is 9.83. The highest BCUT2D eigenvalue weighted by atomic mass is 16.6. The van der Waals surface area contributed by atoms with Crippen LogP contribution in [0.4, 0.5) is 0 Å². The first kappa shape index (κ1) is 22.0. The summed E-state index contributed by atoms with van der Waals surface area (Å²) in [6.45, 7) is 7.52. The summed E-state index contributed by atoms with van der Waals surface area (Å²) in [5.74, 6) is -2.05. The maximum Gasteiger partial charge on any atom is 0.337 e. The van der Waals surface area contributed by atoms with Crippen molar-refractivity contribution in [2.24, 2.45) is 11.1 Å². The van der Waals surface area contributed by atoms with Crippen molar-refractivity contribution in [1.82, 2.24) is 15.6 Å². The predicted molar refractivity (Wildman–Crippen MR) is 110 cm³/mol. The molecule has 1 aliphatic rings. The van der Waals surface area contributed by atoms with Crippen molar-refractivity contribution < 1.29 is 28.9 Å². The van der Waals surface area contributed by atoms with Gasteiger partial charge in [0.05, 0.1) is 42.2 Å². The Hall–Kier alpha value is -3.69. The Morgan fingerprint density at radius 2 is 2.00 bits per heavy atom. The number of nitrogens with one attached hydrogen (secondary N) is 1. The van der Waals surface area contributed by atoms with Crippen molar-refractivity contribution >= 4 is 29.2 Å². The highest BCUT2D eigenvalue weighted by molar-refractivity contribution is 6.05. The molecule has 0 amide bonds. The SMILES string of the molecule is CCOC(=O)C1=C(C=NO)NC(C)=C(C(=O)OCC(C)C)C1c1cccc2nonc12. The number of carbonyl (C=O) groups excluding carboxylic acids is 2. The lowest BCUT2D eigenvalue weighted by Crippen LogP contribution is -2.34. The molecule has 1 atom stereocenters. The molecule has 3 rings (SSSR count). The number of hydrogen-bond donors (Lipinski definition) is 2. The fraction of sp³-hybridized carbons (Fsp3) is 0.381. The molecule has 1 aliphatic heterocycles. The minimum absolute atomic E-state index is 0.0808. The summed E-state index contributed by atoms with van der Waals surface area (Å²) in [6, 6.07) is 5.14. The van der Waals surface area contributed by atoms with Crippen molar-refractivity contribution in [3.05, 3.63) is 46.3 Å². The number of dihydropyridines is 1. The molecule has 0 bridgehead atoms. The van der Waals surface area contributed by atoms with Gasteiger partial charge in [0.2, 0.25) is 0 Å². The zero-order valence-corrected chi connectivity index (χ0v) is 17.7. The van der Waals surface area contributed by atoms with Crippen LogP contribution in [0.1, 0.15) is 39.2 Å². The predicted octanol–water partition coefficient (Wildman–Crippen LogP) is 2.66. The zero-order chi connectivity index (χ0) is 22.5. The summed E-state index contributed by atoms with van der Waals surface area (Å²) in [5, 5.41) is 23.0. The molecule has 0 radical (unpaired) electrons. The van der Waals surface area contributed by atoms with E-state index in [1.54, 1.807) is 32.0 Å². The third-order valence-electron chi connectivity index (χ3n) is 4.67. The lowest BCUT2D eigenvalue weighted by Gasteiger charge is -2.30. The monoisotopic (exact) mass is 428 g/mol. The Morgan fingerprint density at radius 1 is 1.26 bits per heavy atom. The van der Waals surface area contributed by atoms with Crippen LogP contribution < -0.4 is 5.32 Å². The topological polar surface area (TPSA) is 136 Å². The molecule has 2 N–H and O–H groups in total. The lowest BCUT2D eigenvalue weighted by molar-refractivity contribution is -0.140. The van der Waals surface area contributed by atoms with Crippen molar-refractivity contribution in [3.63, 3.8) is 0 Å². The van der Waals surface area contributed by atoms with Gasteiger partial charge in [-0.1, -0.05) is 31.1 Å². The third-order valence-corrected chi connectivity index (χ3v) is 4.67. The van der Waals surface area contributed by atoms with Crippen LogP contribution in [0.3, 0.4) is 0 Å². The summed E-state index contributed by atoms with van der Waals surface area (Å²) in [7, 11) is 0. The second kappa shape index (κ2) is 9.41. The summed E-state index contributed by atoms with van der Waals surface area (Å²) in [4.78, 5) is 26.1. The van der Waals surface area contributed by atoms with Crippen molar-refractivity contribution in [3.8, 4) is 0 Å². The first-order chi connectivity index (χ1) is 14.9. The molecule has 1 unspecified atom stereocenters. The Bertz CT molecular complexity index is 1080. The number of allylic oxidation sites excluding steroid dienone is 2. The van der Waals surface area contributed by atoms with Crippen molar-refractivity contribution in [1.29, 1.82) is 0 Å². The number of esters is 2. The molecule has 2 heterocycles. The molecule has 0 saturated carbocycles. The summed E-state index contributed by atoms with van der Waals surface area (Å²) in [6.07, 6.45) is 1.08. The molecular weight excluding hydrogens is 404 g/mol. The molecule has 1 aromatic heterocycles. The van der Waals surface area contributed by atoms with E-state index in [1.807, 2.05) is 13.8 Å². The molecule has 10 nitrogen and oxygen atoms in total. The van der Waals surface area contributed by atoms with E-state index in [4.69, 9.17) is 19.3 Å². The minimum Gasteiger partial charge on any atom is -0.463 e. The number of aromatic nitrogens is 2. The van der Waals surface area contributed by atoms with Gasteiger partial charge in [0.25, 0.3) is 0 Å². The third kappa shape index (κ3) is 4.42. The second-order valence-corrected chi connectivity index (χ2v) is 7.36. The fourth-order valence-electron chi connectivity index (χ4n) is 3.41. The van der Waals surface area contributed by atoms with E-state index < -0.39 is 17.9 Å². The van der Waals surface area contributed by atoms with Crippen LogP contribution in [0.2, 0.25) is 0 Å². The Kier molecular flexibility index (Phi) is 6.68. The number of hydrogen-bond acceptors (Lipinski definition) is 10. The highest BCUT2D eigenvalue weighted by Gasteiger charge is 2.40. The Balaban J connectivity index is 2.25. The molecular formula is C21H24N4O6. The molecule has 10 heteroatoms. The van der Waals surface area contributed by atoms with Crippen LogP contribution in [-0.2, 0) is 19.1 Å². The summed E-state index contributed by atoms with van der Waals surface area (Å²) < 4.78 is 15.6. The standard InChI is InChI=1S/C21H24N4O6/c1-5-29-21(27)18-15(9-22-28)23-12(4)16(20(26)30-10-11(2)3)17(18)13-7-6-8-14-19(13)25-31-24-14/h6-9,11,17,23,28H,5,10H2,1-4H3. The normalized spacial score (nSPS) is 16.9. The van der Waals surface area contributed by atoms with Crippen LogP contribution in [0.5, 0.6) is 0 Å². The second-order valence-electron chi connectivity index (χ2n) is 7.36. The summed E-state index contributed by atoms with van der Waals surface area (Å²) >= 11 is 0. The first-order valence-electron chi connectivity index (χ1n) is 9.83. The maximum atomic E-state index is 13.1. The lowest BCUT2D eigenvalue weighted by atomic mass is 9.79. The van der Waals surface area contributed by atoms with E-state index in [9.17, 15) is 9.59 Å². The van der Waals surface area contributed by atoms with Crippen LogP contribution in [0.15, 0.2) is 50.5 Å². The number of oxime groups is 1. The van der Waals surface area contributed by atoms with E-state index in [0.717, 1.165) is 6.21 Å². The van der Waals surface area contributed by atoms with Gasteiger partial charge in [-0.15, -0.1) is 0 Å². The molecule has 2 aromatic rings. The molecule has 0 aliphatic carbocycles. The van der Waals surface area contributed by atoms with Gasteiger partial charge in [-0.25, -0.2) is 14.2 Å². The fourth-order valence-corrected chi connectivity index (χ4v) is 3.41. The molecule has 0 saturated heterocycles. The van der Waals surface area contributed by atoms with Crippen LogP contribution in [-0.4, -0.2) is 46.9 Å². The zero-order valence-electron chi connectivity index (χ0n) is 17.7. The van der Waals surface area contributed by atoms with E-state index in [1.165, 1.54) is 0 Å². The van der Waals surface area contributed by atoms with E-state index >= 15 is 0 Å². The van der Waals surface area contributed by atoms with Gasteiger partial charge in [0, 0.05) is 5.70 Å². The van der Waals surface area contributed by atoms with Crippen LogP contribution in [0.25, 0.3) is 11.0 Å². The minimum atomic E-state index is -0.913. The Morgan fingerprint density at radius 3 is 2.68 bits per heavy atom. The van der Waals surface area contributed by atoms with E-state index in [2.05, 4.69) is 20.8 Å².